The van der Waals surface area contributed by atoms with Gasteiger partial charge in [-0.2, -0.15) is 0 Å². The highest BCUT2D eigenvalue weighted by Gasteiger charge is 2.25. The third-order valence-electron chi connectivity index (χ3n) is 3.59. The largest absolute Gasteiger partial charge is 0.378 e. The molecule has 1 aromatic carbocycles. The molecule has 2 rings (SSSR count). The third-order valence-corrected chi connectivity index (χ3v) is 4.25. The summed E-state index contributed by atoms with van der Waals surface area (Å²) in [5, 5.41) is 0. The molecule has 0 spiro atoms. The van der Waals surface area contributed by atoms with Crippen LogP contribution in [-0.4, -0.2) is 43.2 Å². The Kier molecular flexibility index (Phi) is 6.14. The fraction of sp³-hybridized carbons (Fsp3) is 0.533. The van der Waals surface area contributed by atoms with Gasteiger partial charge in [0.25, 0.3) is 5.91 Å². The molecule has 1 amide bonds. The lowest BCUT2D eigenvalue weighted by Crippen LogP contribution is -2.41. The van der Waals surface area contributed by atoms with Gasteiger partial charge in [0.2, 0.25) is 0 Å². The monoisotopic (exact) mass is 358 g/mol. The molecule has 0 saturated carbocycles. The summed E-state index contributed by atoms with van der Waals surface area (Å²) in [6.07, 6.45) is 2.73. The third kappa shape index (κ3) is 4.49. The van der Waals surface area contributed by atoms with Crippen LogP contribution >= 0.6 is 15.9 Å². The van der Waals surface area contributed by atoms with E-state index in [1.807, 2.05) is 0 Å². The van der Waals surface area contributed by atoms with Crippen molar-refractivity contribution in [3.63, 3.8) is 0 Å². The summed E-state index contributed by atoms with van der Waals surface area (Å²) < 4.78 is 19.3. The zero-order chi connectivity index (χ0) is 15.2. The van der Waals surface area contributed by atoms with Gasteiger partial charge in [0, 0.05) is 24.2 Å². The second-order valence-corrected chi connectivity index (χ2v) is 5.98. The number of nitrogens with two attached hydrogens (primary N) is 1. The molecule has 21 heavy (non-hydrogen) atoms. The second kappa shape index (κ2) is 7.87. The molecule has 0 bridgehead atoms. The maximum absolute atomic E-state index is 13.1. The van der Waals surface area contributed by atoms with Gasteiger partial charge in [-0.05, 0) is 59.9 Å². The topological polar surface area (TPSA) is 55.6 Å². The van der Waals surface area contributed by atoms with Crippen LogP contribution in [0.2, 0.25) is 0 Å². The molecule has 4 nitrogen and oxygen atoms in total. The number of likely N-dealkylation sites (tertiary alicyclic amines) is 1. The molecular weight excluding hydrogens is 339 g/mol. The Labute approximate surface area is 132 Å². The number of hydrogen-bond donors (Lipinski definition) is 1. The van der Waals surface area contributed by atoms with Crippen LogP contribution in [0.5, 0.6) is 0 Å². The van der Waals surface area contributed by atoms with E-state index < -0.39 is 0 Å². The van der Waals surface area contributed by atoms with Crippen molar-refractivity contribution in [2.45, 2.75) is 25.4 Å². The van der Waals surface area contributed by atoms with Crippen LogP contribution in [0.1, 0.15) is 29.6 Å². The zero-order valence-electron chi connectivity index (χ0n) is 11.9. The van der Waals surface area contributed by atoms with E-state index in [1.165, 1.54) is 18.2 Å². The highest BCUT2D eigenvalue weighted by Crippen LogP contribution is 2.22. The summed E-state index contributed by atoms with van der Waals surface area (Å²) in [5.74, 6) is -0.423. The Bertz CT molecular complexity index is 491. The Hall–Kier alpha value is -0.980. The molecule has 0 unspecified atom stereocenters. The normalized spacial score (nSPS) is 16.2. The van der Waals surface area contributed by atoms with Gasteiger partial charge in [0.15, 0.2) is 0 Å². The van der Waals surface area contributed by atoms with Gasteiger partial charge in [-0.15, -0.1) is 0 Å². The molecule has 0 radical (unpaired) electrons. The molecular formula is C15H20BrFN2O2. The van der Waals surface area contributed by atoms with E-state index in [4.69, 9.17) is 10.5 Å². The summed E-state index contributed by atoms with van der Waals surface area (Å²) in [7, 11) is 0. The highest BCUT2D eigenvalue weighted by atomic mass is 79.9. The number of hydrogen-bond acceptors (Lipinski definition) is 3. The average Bonchev–Trinajstić information content (AvgIpc) is 2.48. The number of nitrogens with zero attached hydrogens (tertiary/aromatic N) is 1. The van der Waals surface area contributed by atoms with Crippen molar-refractivity contribution in [3.8, 4) is 0 Å². The van der Waals surface area contributed by atoms with Gasteiger partial charge in [-0.3, -0.25) is 4.79 Å². The lowest BCUT2D eigenvalue weighted by molar-refractivity contribution is 0.00842. The fourth-order valence-corrected chi connectivity index (χ4v) is 2.91. The quantitative estimate of drug-likeness (QED) is 0.823. The minimum atomic E-state index is -0.356. The lowest BCUT2D eigenvalue weighted by Gasteiger charge is -2.32. The SMILES string of the molecule is NCCCOC1CCN(C(=O)c2ccc(F)cc2Br)CC1. The second-order valence-electron chi connectivity index (χ2n) is 5.13. The van der Waals surface area contributed by atoms with Crippen molar-refractivity contribution in [1.82, 2.24) is 4.90 Å². The van der Waals surface area contributed by atoms with Crippen molar-refractivity contribution in [1.29, 1.82) is 0 Å². The summed E-state index contributed by atoms with van der Waals surface area (Å²) in [4.78, 5) is 14.2. The molecule has 1 aliphatic heterocycles. The van der Waals surface area contributed by atoms with Gasteiger partial charge in [-0.1, -0.05) is 0 Å². The molecule has 116 valence electrons. The number of benzene rings is 1. The fourth-order valence-electron chi connectivity index (χ4n) is 2.39. The first-order valence-electron chi connectivity index (χ1n) is 7.18. The summed E-state index contributed by atoms with van der Waals surface area (Å²) in [6, 6.07) is 4.14. The number of rotatable bonds is 5. The van der Waals surface area contributed by atoms with E-state index in [2.05, 4.69) is 15.9 Å². The molecule has 1 heterocycles. The van der Waals surface area contributed by atoms with Gasteiger partial charge in [-0.25, -0.2) is 4.39 Å². The first kappa shape index (κ1) is 16.4. The minimum Gasteiger partial charge on any atom is -0.378 e. The van der Waals surface area contributed by atoms with Crippen molar-refractivity contribution in [2.75, 3.05) is 26.2 Å². The van der Waals surface area contributed by atoms with Gasteiger partial charge in [0.1, 0.15) is 5.82 Å². The van der Waals surface area contributed by atoms with Crippen molar-refractivity contribution >= 4 is 21.8 Å². The average molecular weight is 359 g/mol. The van der Waals surface area contributed by atoms with Crippen molar-refractivity contribution in [2.24, 2.45) is 5.73 Å². The van der Waals surface area contributed by atoms with Gasteiger partial charge < -0.3 is 15.4 Å². The van der Waals surface area contributed by atoms with E-state index in [1.54, 1.807) is 4.90 Å². The van der Waals surface area contributed by atoms with Gasteiger partial charge in [0.05, 0.1) is 11.7 Å². The zero-order valence-corrected chi connectivity index (χ0v) is 13.4. The number of carbonyl (C=O) groups excluding carboxylic acids is 1. The van der Waals surface area contributed by atoms with E-state index in [0.717, 1.165) is 19.3 Å². The smallest absolute Gasteiger partial charge is 0.255 e. The van der Waals surface area contributed by atoms with Crippen LogP contribution in [0.25, 0.3) is 0 Å². The molecule has 1 aliphatic rings. The van der Waals surface area contributed by atoms with Crippen LogP contribution in [0.4, 0.5) is 4.39 Å². The maximum atomic E-state index is 13.1. The molecule has 0 aromatic heterocycles. The molecule has 0 aliphatic carbocycles. The van der Waals surface area contributed by atoms with E-state index in [9.17, 15) is 9.18 Å². The summed E-state index contributed by atoms with van der Waals surface area (Å²) in [5.41, 5.74) is 5.93. The molecule has 2 N–H and O–H groups in total. The van der Waals surface area contributed by atoms with E-state index >= 15 is 0 Å². The molecule has 1 saturated heterocycles. The first-order valence-corrected chi connectivity index (χ1v) is 7.97. The number of ether oxygens (including phenoxy) is 1. The van der Waals surface area contributed by atoms with E-state index in [-0.39, 0.29) is 17.8 Å². The Morgan fingerprint density at radius 3 is 2.76 bits per heavy atom. The standard InChI is InChI=1S/C15H20BrFN2O2/c16-14-10-11(17)2-3-13(14)15(20)19-7-4-12(5-8-19)21-9-1-6-18/h2-3,10,12H,1,4-9,18H2. The molecule has 1 aromatic rings. The van der Waals surface area contributed by atoms with Crippen LogP contribution in [0.15, 0.2) is 22.7 Å². The van der Waals surface area contributed by atoms with Gasteiger partial charge >= 0.3 is 0 Å². The molecule has 0 atom stereocenters. The predicted molar refractivity (Wildman–Crippen MR) is 82.6 cm³/mol. The number of halogens is 2. The predicted octanol–water partition coefficient (Wildman–Crippen LogP) is 2.56. The first-order chi connectivity index (χ1) is 10.1. The Morgan fingerprint density at radius 2 is 2.14 bits per heavy atom. The van der Waals surface area contributed by atoms with Crippen LogP contribution < -0.4 is 5.73 Å². The summed E-state index contributed by atoms with van der Waals surface area (Å²) in [6.45, 7) is 2.64. The lowest BCUT2D eigenvalue weighted by atomic mass is 10.1. The Morgan fingerprint density at radius 1 is 1.43 bits per heavy atom. The van der Waals surface area contributed by atoms with Crippen LogP contribution in [0.3, 0.4) is 0 Å². The molecule has 6 heteroatoms. The number of carbonyl (C=O) groups is 1. The van der Waals surface area contributed by atoms with Crippen LogP contribution in [-0.2, 0) is 4.74 Å². The Balaban J connectivity index is 1.88. The number of piperidine rings is 1. The highest BCUT2D eigenvalue weighted by molar-refractivity contribution is 9.10. The maximum Gasteiger partial charge on any atom is 0.255 e. The summed E-state index contributed by atoms with van der Waals surface area (Å²) >= 11 is 3.24. The van der Waals surface area contributed by atoms with Crippen LogP contribution in [0, 0.1) is 5.82 Å². The van der Waals surface area contributed by atoms with Crippen molar-refractivity contribution in [3.05, 3.63) is 34.1 Å². The van der Waals surface area contributed by atoms with E-state index in [0.29, 0.717) is 36.3 Å². The number of amides is 1. The minimum absolute atomic E-state index is 0.0673. The molecule has 1 fully saturated rings. The van der Waals surface area contributed by atoms with Crippen molar-refractivity contribution < 1.29 is 13.9 Å².